The van der Waals surface area contributed by atoms with Crippen LogP contribution >= 0.6 is 0 Å². The molecule has 2 heteroatoms. The molecule has 0 radical (unpaired) electrons. The van der Waals surface area contributed by atoms with Crippen LogP contribution in [-0.4, -0.2) is 24.0 Å². The van der Waals surface area contributed by atoms with Crippen molar-refractivity contribution >= 4 is 5.69 Å². The average Bonchev–Trinajstić information content (AvgIpc) is 2.77. The van der Waals surface area contributed by atoms with Crippen molar-refractivity contribution in [3.05, 3.63) is 29.8 Å². The number of nitrogens with zero attached hydrogens (tertiary/aromatic N) is 1. The summed E-state index contributed by atoms with van der Waals surface area (Å²) in [5.41, 5.74) is 2.77. The lowest BCUT2D eigenvalue weighted by atomic mass is 9.93. The van der Waals surface area contributed by atoms with Crippen LogP contribution < -0.4 is 5.32 Å². The van der Waals surface area contributed by atoms with E-state index in [1.54, 1.807) is 0 Å². The Balaban J connectivity index is 1.61. The lowest BCUT2D eigenvalue weighted by Crippen LogP contribution is -2.27. The standard InChI is InChI=1S/C15H22N2/c1-2-10-17(9-1)12-13-5-3-8-15(11-13)16-14-6-4-7-14/h3,5,8,11,14,16H,1-2,4,6-7,9-10,12H2. The molecule has 1 aliphatic carbocycles. The van der Waals surface area contributed by atoms with Gasteiger partial charge < -0.3 is 5.32 Å². The first kappa shape index (κ1) is 11.1. The predicted molar refractivity (Wildman–Crippen MR) is 72.2 cm³/mol. The van der Waals surface area contributed by atoms with E-state index in [2.05, 4.69) is 34.5 Å². The Morgan fingerprint density at radius 2 is 1.94 bits per heavy atom. The van der Waals surface area contributed by atoms with Crippen molar-refractivity contribution in [2.45, 2.75) is 44.7 Å². The third-order valence-corrected chi connectivity index (χ3v) is 4.01. The Bertz CT molecular complexity index is 365. The van der Waals surface area contributed by atoms with Gasteiger partial charge in [0.15, 0.2) is 0 Å². The maximum Gasteiger partial charge on any atom is 0.0345 e. The highest BCUT2D eigenvalue weighted by Gasteiger charge is 2.17. The molecule has 1 aromatic rings. The van der Waals surface area contributed by atoms with Crippen LogP contribution in [-0.2, 0) is 6.54 Å². The fourth-order valence-electron chi connectivity index (χ4n) is 2.75. The van der Waals surface area contributed by atoms with Crippen molar-refractivity contribution in [1.29, 1.82) is 0 Å². The summed E-state index contributed by atoms with van der Waals surface area (Å²) in [5.74, 6) is 0. The summed E-state index contributed by atoms with van der Waals surface area (Å²) in [6.07, 6.45) is 6.83. The van der Waals surface area contributed by atoms with E-state index in [0.29, 0.717) is 0 Å². The molecule has 1 aromatic carbocycles. The Morgan fingerprint density at radius 3 is 2.65 bits per heavy atom. The van der Waals surface area contributed by atoms with Crippen LogP contribution in [0.5, 0.6) is 0 Å². The van der Waals surface area contributed by atoms with E-state index in [9.17, 15) is 0 Å². The normalized spacial score (nSPS) is 21.4. The molecular weight excluding hydrogens is 208 g/mol. The second-order valence-electron chi connectivity index (χ2n) is 5.46. The van der Waals surface area contributed by atoms with E-state index >= 15 is 0 Å². The zero-order valence-electron chi connectivity index (χ0n) is 10.5. The molecule has 0 bridgehead atoms. The van der Waals surface area contributed by atoms with Crippen molar-refractivity contribution in [3.8, 4) is 0 Å². The van der Waals surface area contributed by atoms with E-state index in [0.717, 1.165) is 12.6 Å². The van der Waals surface area contributed by atoms with Crippen LogP contribution in [0, 0.1) is 0 Å². The molecule has 0 amide bonds. The summed E-state index contributed by atoms with van der Waals surface area (Å²) in [6, 6.07) is 9.70. The lowest BCUT2D eigenvalue weighted by Gasteiger charge is -2.27. The van der Waals surface area contributed by atoms with E-state index < -0.39 is 0 Å². The highest BCUT2D eigenvalue weighted by atomic mass is 15.1. The lowest BCUT2D eigenvalue weighted by molar-refractivity contribution is 0.331. The molecule has 1 N–H and O–H groups in total. The molecule has 0 atom stereocenters. The number of hydrogen-bond donors (Lipinski definition) is 1. The van der Waals surface area contributed by atoms with Crippen molar-refractivity contribution < 1.29 is 0 Å². The van der Waals surface area contributed by atoms with Gasteiger partial charge in [0.05, 0.1) is 0 Å². The van der Waals surface area contributed by atoms with Gasteiger partial charge in [0.25, 0.3) is 0 Å². The van der Waals surface area contributed by atoms with Crippen LogP contribution in [0.2, 0.25) is 0 Å². The van der Waals surface area contributed by atoms with E-state index in [4.69, 9.17) is 0 Å². The van der Waals surface area contributed by atoms with Gasteiger partial charge in [-0.3, -0.25) is 4.90 Å². The zero-order chi connectivity index (χ0) is 11.5. The molecule has 1 aliphatic heterocycles. The largest absolute Gasteiger partial charge is 0.382 e. The van der Waals surface area contributed by atoms with Gasteiger partial charge in [-0.25, -0.2) is 0 Å². The Hall–Kier alpha value is -1.02. The van der Waals surface area contributed by atoms with E-state index in [1.807, 2.05) is 0 Å². The molecular formula is C15H22N2. The van der Waals surface area contributed by atoms with Gasteiger partial charge in [0, 0.05) is 18.3 Å². The smallest absolute Gasteiger partial charge is 0.0345 e. The SMILES string of the molecule is c1cc(CN2CCCC2)cc(NC2CCC2)c1. The summed E-state index contributed by atoms with van der Waals surface area (Å²) in [4.78, 5) is 2.56. The van der Waals surface area contributed by atoms with Gasteiger partial charge in [-0.2, -0.15) is 0 Å². The van der Waals surface area contributed by atoms with Crippen LogP contribution in [0.3, 0.4) is 0 Å². The fraction of sp³-hybridized carbons (Fsp3) is 0.600. The van der Waals surface area contributed by atoms with Gasteiger partial charge in [-0.1, -0.05) is 12.1 Å². The highest BCUT2D eigenvalue weighted by molar-refractivity contribution is 5.46. The summed E-state index contributed by atoms with van der Waals surface area (Å²) in [6.45, 7) is 3.68. The maximum absolute atomic E-state index is 3.63. The van der Waals surface area contributed by atoms with Crippen molar-refractivity contribution in [1.82, 2.24) is 4.90 Å². The molecule has 0 spiro atoms. The number of benzene rings is 1. The van der Waals surface area contributed by atoms with Crippen LogP contribution in [0.1, 0.15) is 37.7 Å². The molecule has 1 heterocycles. The molecule has 92 valence electrons. The molecule has 0 unspecified atom stereocenters. The minimum Gasteiger partial charge on any atom is -0.382 e. The number of rotatable bonds is 4. The topological polar surface area (TPSA) is 15.3 Å². The minimum absolute atomic E-state index is 0.733. The highest BCUT2D eigenvalue weighted by Crippen LogP contribution is 2.24. The average molecular weight is 230 g/mol. The summed E-state index contributed by atoms with van der Waals surface area (Å²) >= 11 is 0. The molecule has 2 nitrogen and oxygen atoms in total. The summed E-state index contributed by atoms with van der Waals surface area (Å²) in [5, 5.41) is 3.63. The fourth-order valence-corrected chi connectivity index (χ4v) is 2.75. The Kier molecular flexibility index (Phi) is 3.32. The quantitative estimate of drug-likeness (QED) is 0.854. The van der Waals surface area contributed by atoms with Crippen molar-refractivity contribution in [2.75, 3.05) is 18.4 Å². The predicted octanol–water partition coefficient (Wildman–Crippen LogP) is 3.25. The molecule has 2 aliphatic rings. The van der Waals surface area contributed by atoms with Gasteiger partial charge >= 0.3 is 0 Å². The Morgan fingerprint density at radius 1 is 1.12 bits per heavy atom. The van der Waals surface area contributed by atoms with Crippen LogP contribution in [0.25, 0.3) is 0 Å². The van der Waals surface area contributed by atoms with E-state index in [-0.39, 0.29) is 0 Å². The third-order valence-electron chi connectivity index (χ3n) is 4.01. The second kappa shape index (κ2) is 5.09. The van der Waals surface area contributed by atoms with E-state index in [1.165, 1.54) is 56.4 Å². The molecule has 1 saturated heterocycles. The number of anilines is 1. The third kappa shape index (κ3) is 2.81. The van der Waals surface area contributed by atoms with Gasteiger partial charge in [0.2, 0.25) is 0 Å². The molecule has 0 aromatic heterocycles. The van der Waals surface area contributed by atoms with Crippen molar-refractivity contribution in [2.24, 2.45) is 0 Å². The minimum atomic E-state index is 0.733. The summed E-state index contributed by atoms with van der Waals surface area (Å²) in [7, 11) is 0. The van der Waals surface area contributed by atoms with Crippen molar-refractivity contribution in [3.63, 3.8) is 0 Å². The first-order valence-electron chi connectivity index (χ1n) is 6.98. The second-order valence-corrected chi connectivity index (χ2v) is 5.46. The number of nitrogens with one attached hydrogen (secondary N) is 1. The summed E-state index contributed by atoms with van der Waals surface area (Å²) < 4.78 is 0. The number of likely N-dealkylation sites (tertiary alicyclic amines) is 1. The first-order valence-corrected chi connectivity index (χ1v) is 6.98. The Labute approximate surface area is 104 Å². The van der Waals surface area contributed by atoms with Gasteiger partial charge in [-0.05, 0) is 62.9 Å². The first-order chi connectivity index (χ1) is 8.40. The zero-order valence-corrected chi connectivity index (χ0v) is 10.5. The van der Waals surface area contributed by atoms with Crippen LogP contribution in [0.4, 0.5) is 5.69 Å². The molecule has 17 heavy (non-hydrogen) atoms. The molecule has 3 rings (SSSR count). The van der Waals surface area contributed by atoms with Gasteiger partial charge in [0.1, 0.15) is 0 Å². The number of hydrogen-bond acceptors (Lipinski definition) is 2. The monoisotopic (exact) mass is 230 g/mol. The molecule has 1 saturated carbocycles. The van der Waals surface area contributed by atoms with Crippen LogP contribution in [0.15, 0.2) is 24.3 Å². The molecule has 2 fully saturated rings. The van der Waals surface area contributed by atoms with Gasteiger partial charge in [-0.15, -0.1) is 0 Å². The maximum atomic E-state index is 3.63.